The van der Waals surface area contributed by atoms with Crippen LogP contribution in [0.2, 0.25) is 0 Å². The molecule has 0 aliphatic heterocycles. The first-order chi connectivity index (χ1) is 10.1. The maximum absolute atomic E-state index is 12.3. The summed E-state index contributed by atoms with van der Waals surface area (Å²) in [4.78, 5) is 14.7. The number of ether oxygens (including phenoxy) is 2. The average molecular weight is 309 g/mol. The predicted octanol–water partition coefficient (Wildman–Crippen LogP) is 2.72. The third-order valence-corrected chi connectivity index (χ3v) is 4.30. The Labute approximate surface area is 127 Å². The van der Waals surface area contributed by atoms with Gasteiger partial charge < -0.3 is 19.5 Å². The molecule has 1 aromatic carbocycles. The van der Waals surface area contributed by atoms with Crippen LogP contribution in [0, 0.1) is 0 Å². The summed E-state index contributed by atoms with van der Waals surface area (Å²) in [6, 6.07) is 5.16. The fourth-order valence-corrected chi connectivity index (χ4v) is 3.13. The molecule has 0 aliphatic rings. The smallest absolute Gasteiger partial charge is 0.263 e. The number of carbonyl (C=O) groups is 1. The third kappa shape index (κ3) is 3.46. The van der Waals surface area contributed by atoms with Gasteiger partial charge in [0.2, 0.25) is 0 Å². The Kier molecular flexibility index (Phi) is 5.03. The van der Waals surface area contributed by atoms with Crippen LogP contribution in [0.1, 0.15) is 16.1 Å². The lowest BCUT2D eigenvalue weighted by atomic mass is 10.2. The molecule has 114 valence electrons. The lowest BCUT2D eigenvalue weighted by Gasteiger charge is -2.15. The van der Waals surface area contributed by atoms with Gasteiger partial charge in [-0.1, -0.05) is 0 Å². The Hall–Kier alpha value is -1.79. The van der Waals surface area contributed by atoms with Crippen LogP contribution in [0.25, 0.3) is 10.1 Å². The molecular formula is C15H19NO4S. The number of hydrogen-bond donors (Lipinski definition) is 1. The Morgan fingerprint density at radius 3 is 2.76 bits per heavy atom. The van der Waals surface area contributed by atoms with Crippen LogP contribution < -0.4 is 4.74 Å². The number of aromatic hydroxyl groups is 1. The summed E-state index contributed by atoms with van der Waals surface area (Å²) < 4.78 is 11.0. The van der Waals surface area contributed by atoms with Gasteiger partial charge in [0.25, 0.3) is 5.91 Å². The van der Waals surface area contributed by atoms with Crippen molar-refractivity contribution in [2.24, 2.45) is 0 Å². The SMILES string of the molecule is COCCCN(C)C(=O)c1cc2cc(O)c(OC)cc2s1. The summed E-state index contributed by atoms with van der Waals surface area (Å²) in [5.74, 6) is 0.470. The minimum atomic E-state index is -0.0224. The molecule has 6 heteroatoms. The molecule has 0 saturated carbocycles. The van der Waals surface area contributed by atoms with Gasteiger partial charge in [-0.15, -0.1) is 11.3 Å². The number of phenolic OH excluding ortho intramolecular Hbond substituents is 1. The zero-order valence-electron chi connectivity index (χ0n) is 12.4. The van der Waals surface area contributed by atoms with Gasteiger partial charge in [-0.2, -0.15) is 0 Å². The van der Waals surface area contributed by atoms with Gasteiger partial charge in [-0.25, -0.2) is 0 Å². The van der Waals surface area contributed by atoms with E-state index in [4.69, 9.17) is 9.47 Å². The second kappa shape index (κ2) is 6.78. The van der Waals surface area contributed by atoms with Gasteiger partial charge >= 0.3 is 0 Å². The second-order valence-corrected chi connectivity index (χ2v) is 5.83. The number of amides is 1. The molecule has 2 aromatic rings. The first-order valence-corrected chi connectivity index (χ1v) is 7.43. The number of methoxy groups -OCH3 is 2. The highest BCUT2D eigenvalue weighted by Gasteiger charge is 2.16. The fraction of sp³-hybridized carbons (Fsp3) is 0.400. The van der Waals surface area contributed by atoms with E-state index in [1.54, 1.807) is 37.3 Å². The summed E-state index contributed by atoms with van der Waals surface area (Å²) in [6.45, 7) is 1.28. The molecular weight excluding hydrogens is 290 g/mol. The predicted molar refractivity (Wildman–Crippen MR) is 83.5 cm³/mol. The van der Waals surface area contributed by atoms with Crippen LogP contribution in [0.3, 0.4) is 0 Å². The lowest BCUT2D eigenvalue weighted by molar-refractivity contribution is 0.0784. The van der Waals surface area contributed by atoms with Crippen molar-refractivity contribution in [1.29, 1.82) is 0 Å². The van der Waals surface area contributed by atoms with E-state index in [1.807, 2.05) is 0 Å². The second-order valence-electron chi connectivity index (χ2n) is 4.75. The Morgan fingerprint density at radius 2 is 2.10 bits per heavy atom. The van der Waals surface area contributed by atoms with Crippen LogP contribution in [-0.4, -0.2) is 50.3 Å². The van der Waals surface area contributed by atoms with Crippen molar-refractivity contribution in [2.75, 3.05) is 34.4 Å². The van der Waals surface area contributed by atoms with E-state index in [2.05, 4.69) is 0 Å². The van der Waals surface area contributed by atoms with E-state index < -0.39 is 0 Å². The van der Waals surface area contributed by atoms with Gasteiger partial charge in [0.15, 0.2) is 11.5 Å². The number of phenols is 1. The molecule has 1 aromatic heterocycles. The molecule has 0 bridgehead atoms. The monoisotopic (exact) mass is 309 g/mol. The van der Waals surface area contributed by atoms with Crippen LogP contribution >= 0.6 is 11.3 Å². The Bertz CT molecular complexity index is 638. The van der Waals surface area contributed by atoms with Crippen molar-refractivity contribution in [3.8, 4) is 11.5 Å². The molecule has 0 fully saturated rings. The van der Waals surface area contributed by atoms with Crippen molar-refractivity contribution in [1.82, 2.24) is 4.90 Å². The molecule has 0 atom stereocenters. The molecule has 0 aliphatic carbocycles. The Morgan fingerprint density at radius 1 is 1.33 bits per heavy atom. The standard InChI is InChI=1S/C15H19NO4S/c1-16(5-4-6-19-2)15(18)14-8-10-7-11(17)12(20-3)9-13(10)21-14/h7-9,17H,4-6H2,1-3H3. The van der Waals surface area contributed by atoms with E-state index >= 15 is 0 Å². The number of benzene rings is 1. The van der Waals surface area contributed by atoms with E-state index in [0.29, 0.717) is 23.8 Å². The number of hydrogen-bond acceptors (Lipinski definition) is 5. The summed E-state index contributed by atoms with van der Waals surface area (Å²) in [7, 11) is 4.93. The van der Waals surface area contributed by atoms with Crippen molar-refractivity contribution >= 4 is 27.3 Å². The Balaban J connectivity index is 2.20. The fourth-order valence-electron chi connectivity index (χ4n) is 2.06. The maximum atomic E-state index is 12.3. The zero-order valence-corrected chi connectivity index (χ0v) is 13.2. The highest BCUT2D eigenvalue weighted by molar-refractivity contribution is 7.20. The molecule has 0 spiro atoms. The van der Waals surface area contributed by atoms with Crippen LogP contribution in [0.4, 0.5) is 0 Å². The quantitative estimate of drug-likeness (QED) is 0.834. The van der Waals surface area contributed by atoms with E-state index in [0.717, 1.165) is 16.5 Å². The minimum absolute atomic E-state index is 0.0224. The first kappa shape index (κ1) is 15.6. The van der Waals surface area contributed by atoms with Crippen LogP contribution in [0.15, 0.2) is 18.2 Å². The summed E-state index contributed by atoms with van der Waals surface area (Å²) >= 11 is 1.40. The average Bonchev–Trinajstić information content (AvgIpc) is 2.88. The van der Waals surface area contributed by atoms with E-state index in [9.17, 15) is 9.90 Å². The summed E-state index contributed by atoms with van der Waals surface area (Å²) in [5.41, 5.74) is 0. The number of fused-ring (bicyclic) bond motifs is 1. The largest absolute Gasteiger partial charge is 0.504 e. The molecule has 1 N–H and O–H groups in total. The van der Waals surface area contributed by atoms with Crippen molar-refractivity contribution in [2.45, 2.75) is 6.42 Å². The molecule has 5 nitrogen and oxygen atoms in total. The zero-order chi connectivity index (χ0) is 15.4. The first-order valence-electron chi connectivity index (χ1n) is 6.61. The molecule has 0 saturated heterocycles. The number of thiophene rings is 1. The van der Waals surface area contributed by atoms with Gasteiger partial charge in [-0.3, -0.25) is 4.79 Å². The normalized spacial score (nSPS) is 10.8. The lowest BCUT2D eigenvalue weighted by Crippen LogP contribution is -2.27. The molecule has 1 amide bonds. The molecule has 1 heterocycles. The van der Waals surface area contributed by atoms with Gasteiger partial charge in [-0.05, 0) is 23.9 Å². The minimum Gasteiger partial charge on any atom is -0.504 e. The van der Waals surface area contributed by atoms with Crippen molar-refractivity contribution in [3.05, 3.63) is 23.1 Å². The van der Waals surface area contributed by atoms with Crippen LogP contribution in [-0.2, 0) is 4.74 Å². The van der Waals surface area contributed by atoms with E-state index in [1.165, 1.54) is 18.4 Å². The van der Waals surface area contributed by atoms with E-state index in [-0.39, 0.29) is 11.7 Å². The topological polar surface area (TPSA) is 59.0 Å². The summed E-state index contributed by atoms with van der Waals surface area (Å²) in [5, 5.41) is 10.6. The highest BCUT2D eigenvalue weighted by atomic mass is 32.1. The number of carbonyl (C=O) groups excluding carboxylic acids is 1. The third-order valence-electron chi connectivity index (χ3n) is 3.22. The summed E-state index contributed by atoms with van der Waals surface area (Å²) in [6.07, 6.45) is 0.804. The molecule has 0 radical (unpaired) electrons. The van der Waals surface area contributed by atoms with Gasteiger partial charge in [0.1, 0.15) is 0 Å². The maximum Gasteiger partial charge on any atom is 0.263 e. The van der Waals surface area contributed by atoms with Crippen molar-refractivity contribution < 1.29 is 19.4 Å². The highest BCUT2D eigenvalue weighted by Crippen LogP contribution is 2.35. The van der Waals surface area contributed by atoms with Gasteiger partial charge in [0.05, 0.1) is 12.0 Å². The molecule has 21 heavy (non-hydrogen) atoms. The molecule has 2 rings (SSSR count). The van der Waals surface area contributed by atoms with Crippen LogP contribution in [0.5, 0.6) is 11.5 Å². The van der Waals surface area contributed by atoms with Gasteiger partial charge in [0, 0.05) is 38.1 Å². The number of nitrogens with zero attached hydrogens (tertiary/aromatic N) is 1. The van der Waals surface area contributed by atoms with Crippen molar-refractivity contribution in [3.63, 3.8) is 0 Å². The number of rotatable bonds is 6. The molecule has 0 unspecified atom stereocenters.